The van der Waals surface area contributed by atoms with Crippen molar-refractivity contribution < 1.29 is 9.53 Å². The van der Waals surface area contributed by atoms with E-state index < -0.39 is 5.60 Å². The number of hydrogen-bond acceptors (Lipinski definition) is 3. The Bertz CT molecular complexity index is 363. The van der Waals surface area contributed by atoms with Gasteiger partial charge in [0.05, 0.1) is 6.04 Å². The van der Waals surface area contributed by atoms with Crippen LogP contribution >= 0.6 is 0 Å². The van der Waals surface area contributed by atoms with E-state index in [9.17, 15) is 4.79 Å². The van der Waals surface area contributed by atoms with E-state index in [1.165, 1.54) is 0 Å². The number of aliphatic imine (C=N–C) groups is 1. The van der Waals surface area contributed by atoms with Crippen LogP contribution in [0.2, 0.25) is 0 Å². The third-order valence-electron chi connectivity index (χ3n) is 3.03. The van der Waals surface area contributed by atoms with Gasteiger partial charge in [-0.05, 0) is 40.5 Å². The van der Waals surface area contributed by atoms with Crippen LogP contribution in [0.5, 0.6) is 0 Å². The average Bonchev–Trinajstić information content (AvgIpc) is 2.80. The van der Waals surface area contributed by atoms with Crippen molar-refractivity contribution >= 4 is 12.1 Å². The minimum atomic E-state index is -0.458. The van der Waals surface area contributed by atoms with Gasteiger partial charge in [-0.2, -0.15) is 0 Å². The summed E-state index contributed by atoms with van der Waals surface area (Å²) in [7, 11) is 0. The van der Waals surface area contributed by atoms with Gasteiger partial charge in [0.25, 0.3) is 0 Å². The number of ether oxygens (including phenoxy) is 1. The van der Waals surface area contributed by atoms with Crippen molar-refractivity contribution in [2.45, 2.75) is 59.1 Å². The summed E-state index contributed by atoms with van der Waals surface area (Å²) in [6.07, 6.45) is 1.60. The van der Waals surface area contributed by atoms with Crippen LogP contribution in [0, 0.1) is 0 Å². The number of carbonyl (C=O) groups excluding carboxylic acids is 1. The van der Waals surface area contributed by atoms with E-state index in [1.54, 1.807) is 0 Å². The highest BCUT2D eigenvalue weighted by molar-refractivity contribution is 5.80. The minimum absolute atomic E-state index is 0.116. The lowest BCUT2D eigenvalue weighted by atomic mass is 10.2. The summed E-state index contributed by atoms with van der Waals surface area (Å²) in [5.74, 6) is 0.938. The Morgan fingerprint density at radius 1 is 1.38 bits per heavy atom. The van der Waals surface area contributed by atoms with E-state index in [0.29, 0.717) is 0 Å². The lowest BCUT2D eigenvalue weighted by molar-refractivity contribution is 0.0507. The van der Waals surface area contributed by atoms with Gasteiger partial charge in [0.2, 0.25) is 0 Å². The second-order valence-electron chi connectivity index (χ2n) is 6.31. The van der Waals surface area contributed by atoms with E-state index in [-0.39, 0.29) is 12.1 Å². The highest BCUT2D eigenvalue weighted by atomic mass is 16.6. The summed E-state index contributed by atoms with van der Waals surface area (Å²) in [5, 5.41) is 6.24. The number of nitrogens with one attached hydrogen (secondary N) is 2. The van der Waals surface area contributed by atoms with E-state index in [2.05, 4.69) is 34.4 Å². The Hall–Kier alpha value is -1.46. The Morgan fingerprint density at radius 2 is 2.10 bits per heavy atom. The molecule has 21 heavy (non-hydrogen) atoms. The largest absolute Gasteiger partial charge is 0.444 e. The van der Waals surface area contributed by atoms with Gasteiger partial charge in [0, 0.05) is 26.2 Å². The zero-order valence-corrected chi connectivity index (χ0v) is 14.0. The minimum Gasteiger partial charge on any atom is -0.444 e. The molecule has 2 N–H and O–H groups in total. The topological polar surface area (TPSA) is 66.0 Å². The number of likely N-dealkylation sites (tertiary alicyclic amines) is 1. The predicted octanol–water partition coefficient (Wildman–Crippen LogP) is 1.96. The molecule has 0 aromatic heterocycles. The first-order chi connectivity index (χ1) is 9.85. The first kappa shape index (κ1) is 17.6. The third kappa shape index (κ3) is 6.69. The van der Waals surface area contributed by atoms with Gasteiger partial charge in [-0.25, -0.2) is 4.79 Å². The molecule has 6 nitrogen and oxygen atoms in total. The van der Waals surface area contributed by atoms with Crippen LogP contribution in [0.15, 0.2) is 4.99 Å². The highest BCUT2D eigenvalue weighted by Crippen LogP contribution is 2.12. The monoisotopic (exact) mass is 298 g/mol. The van der Waals surface area contributed by atoms with Gasteiger partial charge >= 0.3 is 6.09 Å². The second kappa shape index (κ2) is 8.10. The molecule has 1 unspecified atom stereocenters. The van der Waals surface area contributed by atoms with Crippen LogP contribution < -0.4 is 10.6 Å². The molecule has 6 heteroatoms. The highest BCUT2D eigenvalue weighted by Gasteiger charge is 2.27. The Kier molecular flexibility index (Phi) is 6.78. The molecule has 0 aromatic carbocycles. The van der Waals surface area contributed by atoms with Gasteiger partial charge in [-0.1, -0.05) is 6.92 Å². The van der Waals surface area contributed by atoms with Crippen molar-refractivity contribution in [1.29, 1.82) is 0 Å². The van der Waals surface area contributed by atoms with Gasteiger partial charge in [-0.15, -0.1) is 0 Å². The molecular formula is C15H30N4O2. The smallest absolute Gasteiger partial charge is 0.407 e. The molecule has 1 heterocycles. The maximum atomic E-state index is 11.8. The van der Waals surface area contributed by atoms with Gasteiger partial charge < -0.3 is 20.3 Å². The molecule has 0 bridgehead atoms. The maximum absolute atomic E-state index is 11.8. The summed E-state index contributed by atoms with van der Waals surface area (Å²) < 4.78 is 5.29. The van der Waals surface area contributed by atoms with Crippen LogP contribution in [0.1, 0.15) is 47.5 Å². The molecule has 1 aliphatic rings. The van der Waals surface area contributed by atoms with Crippen LogP contribution in [-0.4, -0.2) is 54.8 Å². The molecule has 0 aromatic rings. The summed E-state index contributed by atoms with van der Waals surface area (Å²) >= 11 is 0. The van der Waals surface area contributed by atoms with Crippen molar-refractivity contribution in [3.8, 4) is 0 Å². The number of rotatable bonds is 4. The molecule has 0 spiro atoms. The summed E-state index contributed by atoms with van der Waals surface area (Å²) in [6.45, 7) is 13.1. The normalized spacial score (nSPS) is 19.6. The Labute approximate surface area is 128 Å². The number of amides is 1. The zero-order chi connectivity index (χ0) is 15.9. The molecule has 0 radical (unpaired) electrons. The SMILES string of the molecule is CCCN=C(NCC)N1CCC(NC(=O)OC(C)(C)C)C1. The predicted molar refractivity (Wildman–Crippen MR) is 85.6 cm³/mol. The van der Waals surface area contributed by atoms with Gasteiger partial charge in [0.15, 0.2) is 5.96 Å². The number of carbonyl (C=O) groups is 1. The number of alkyl carbamates (subject to hydrolysis) is 1. The van der Waals surface area contributed by atoms with Crippen molar-refractivity contribution in [3.63, 3.8) is 0 Å². The maximum Gasteiger partial charge on any atom is 0.407 e. The molecule has 1 fully saturated rings. The summed E-state index contributed by atoms with van der Waals surface area (Å²) in [4.78, 5) is 18.6. The molecule has 1 rings (SSSR count). The van der Waals surface area contributed by atoms with Crippen molar-refractivity contribution in [2.24, 2.45) is 4.99 Å². The molecule has 0 aliphatic carbocycles. The Balaban J connectivity index is 2.48. The number of guanidine groups is 1. The molecule has 0 saturated carbocycles. The van der Waals surface area contributed by atoms with Crippen LogP contribution in [-0.2, 0) is 4.74 Å². The quantitative estimate of drug-likeness (QED) is 0.615. The van der Waals surface area contributed by atoms with Gasteiger partial charge in [0.1, 0.15) is 5.60 Å². The molecular weight excluding hydrogens is 268 g/mol. The summed E-state index contributed by atoms with van der Waals surface area (Å²) in [6, 6.07) is 0.116. The van der Waals surface area contributed by atoms with Crippen molar-refractivity contribution in [1.82, 2.24) is 15.5 Å². The van der Waals surface area contributed by atoms with Crippen LogP contribution in [0.25, 0.3) is 0 Å². The lowest BCUT2D eigenvalue weighted by Crippen LogP contribution is -2.44. The van der Waals surface area contributed by atoms with E-state index >= 15 is 0 Å². The van der Waals surface area contributed by atoms with Crippen molar-refractivity contribution in [3.05, 3.63) is 0 Å². The molecule has 122 valence electrons. The fourth-order valence-corrected chi connectivity index (χ4v) is 2.19. The molecule has 1 aliphatic heterocycles. The van der Waals surface area contributed by atoms with Crippen LogP contribution in [0.4, 0.5) is 4.79 Å². The molecule has 1 saturated heterocycles. The van der Waals surface area contributed by atoms with Crippen LogP contribution in [0.3, 0.4) is 0 Å². The average molecular weight is 298 g/mol. The first-order valence-corrected chi connectivity index (χ1v) is 7.88. The van der Waals surface area contributed by atoms with E-state index in [0.717, 1.165) is 45.0 Å². The lowest BCUT2D eigenvalue weighted by Gasteiger charge is -2.23. The fourth-order valence-electron chi connectivity index (χ4n) is 2.19. The van der Waals surface area contributed by atoms with Crippen molar-refractivity contribution in [2.75, 3.05) is 26.2 Å². The summed E-state index contributed by atoms with van der Waals surface area (Å²) in [5.41, 5.74) is -0.458. The first-order valence-electron chi connectivity index (χ1n) is 7.88. The van der Waals surface area contributed by atoms with E-state index in [1.807, 2.05) is 20.8 Å². The molecule has 1 atom stereocenters. The number of nitrogens with zero attached hydrogens (tertiary/aromatic N) is 2. The van der Waals surface area contributed by atoms with Gasteiger partial charge in [-0.3, -0.25) is 4.99 Å². The molecule has 1 amide bonds. The zero-order valence-electron chi connectivity index (χ0n) is 14.0. The number of hydrogen-bond donors (Lipinski definition) is 2. The third-order valence-corrected chi connectivity index (χ3v) is 3.03. The standard InChI is InChI=1S/C15H30N4O2/c1-6-9-17-13(16-7-2)19-10-8-12(11-19)18-14(20)21-15(3,4)5/h12H,6-11H2,1-5H3,(H,16,17)(H,18,20). The fraction of sp³-hybridized carbons (Fsp3) is 0.867. The Morgan fingerprint density at radius 3 is 2.67 bits per heavy atom. The van der Waals surface area contributed by atoms with E-state index in [4.69, 9.17) is 4.74 Å². The second-order valence-corrected chi connectivity index (χ2v) is 6.31.